The van der Waals surface area contributed by atoms with Crippen LogP contribution in [0.4, 0.5) is 13.2 Å². The van der Waals surface area contributed by atoms with Crippen molar-refractivity contribution < 1.29 is 26.3 Å². The molecule has 1 heterocycles. The van der Waals surface area contributed by atoms with Crippen molar-refractivity contribution in [2.24, 2.45) is 4.99 Å². The maximum atomic E-state index is 12.3. The Labute approximate surface area is 162 Å². The van der Waals surface area contributed by atoms with Gasteiger partial charge >= 0.3 is 6.18 Å². The van der Waals surface area contributed by atoms with Crippen molar-refractivity contribution in [1.29, 1.82) is 0 Å². The van der Waals surface area contributed by atoms with Crippen LogP contribution in [0.3, 0.4) is 0 Å². The molecule has 11 heteroatoms. The molecular formula is C17H25F3N4O3S. The highest BCUT2D eigenvalue weighted by molar-refractivity contribution is 7.89. The standard InChI is InChI=1S/C17H25F3N4O3S/c1-21-16(22-9-8-17(18,19)20)23-11-13-4-6-15(7-5-13)28(25,26)24-12-14-3-2-10-27-14/h4-7,14,24H,2-3,8-12H2,1H3,(H2,21,22,23). The lowest BCUT2D eigenvalue weighted by Crippen LogP contribution is -2.38. The molecule has 0 amide bonds. The molecule has 1 atom stereocenters. The summed E-state index contributed by atoms with van der Waals surface area (Å²) in [4.78, 5) is 3.99. The summed E-state index contributed by atoms with van der Waals surface area (Å²) in [7, 11) is -2.16. The van der Waals surface area contributed by atoms with Crippen LogP contribution in [0.15, 0.2) is 34.2 Å². The van der Waals surface area contributed by atoms with E-state index in [9.17, 15) is 21.6 Å². The lowest BCUT2D eigenvalue weighted by atomic mass is 10.2. The van der Waals surface area contributed by atoms with Crippen molar-refractivity contribution in [3.05, 3.63) is 29.8 Å². The second kappa shape index (κ2) is 10.1. The third kappa shape index (κ3) is 7.64. The Hall–Kier alpha value is -1.85. The Balaban J connectivity index is 1.82. The zero-order chi connectivity index (χ0) is 20.6. The van der Waals surface area contributed by atoms with Gasteiger partial charge in [0.1, 0.15) is 0 Å². The van der Waals surface area contributed by atoms with Crippen molar-refractivity contribution in [2.75, 3.05) is 26.7 Å². The van der Waals surface area contributed by atoms with E-state index in [-0.39, 0.29) is 36.6 Å². The van der Waals surface area contributed by atoms with Crippen LogP contribution in [-0.4, -0.2) is 53.4 Å². The fraction of sp³-hybridized carbons (Fsp3) is 0.588. The molecule has 1 fully saturated rings. The Morgan fingerprint density at radius 1 is 1.25 bits per heavy atom. The molecule has 1 saturated heterocycles. The number of guanidine groups is 1. The number of ether oxygens (including phenoxy) is 1. The van der Waals surface area contributed by atoms with Crippen LogP contribution in [0.25, 0.3) is 0 Å². The van der Waals surface area contributed by atoms with Gasteiger partial charge in [0.25, 0.3) is 0 Å². The first kappa shape index (κ1) is 22.4. The quantitative estimate of drug-likeness (QED) is 0.439. The molecule has 7 nitrogen and oxygen atoms in total. The summed E-state index contributed by atoms with van der Waals surface area (Å²) in [5, 5.41) is 5.46. The van der Waals surface area contributed by atoms with Gasteiger partial charge in [0, 0.05) is 33.3 Å². The normalized spacial score (nSPS) is 18.3. The molecule has 0 bridgehead atoms. The Bertz CT molecular complexity index is 746. The van der Waals surface area contributed by atoms with Gasteiger partial charge in [-0.2, -0.15) is 13.2 Å². The van der Waals surface area contributed by atoms with E-state index >= 15 is 0 Å². The SMILES string of the molecule is CN=C(NCCC(F)(F)F)NCc1ccc(S(=O)(=O)NCC2CCCO2)cc1. The molecule has 158 valence electrons. The molecule has 28 heavy (non-hydrogen) atoms. The van der Waals surface area contributed by atoms with Gasteiger partial charge in [0.05, 0.1) is 17.4 Å². The number of aliphatic imine (C=N–C) groups is 1. The van der Waals surface area contributed by atoms with Gasteiger partial charge in [-0.05, 0) is 30.5 Å². The molecule has 1 aliphatic heterocycles. The summed E-state index contributed by atoms with van der Waals surface area (Å²) in [6, 6.07) is 6.23. The first-order valence-electron chi connectivity index (χ1n) is 8.91. The van der Waals surface area contributed by atoms with Gasteiger partial charge < -0.3 is 15.4 Å². The third-order valence-corrected chi connectivity index (χ3v) is 5.58. The van der Waals surface area contributed by atoms with Crippen LogP contribution in [-0.2, 0) is 21.3 Å². The minimum atomic E-state index is -4.23. The number of sulfonamides is 1. The van der Waals surface area contributed by atoms with Gasteiger partial charge in [-0.15, -0.1) is 0 Å². The summed E-state index contributed by atoms with van der Waals surface area (Å²) >= 11 is 0. The maximum Gasteiger partial charge on any atom is 0.390 e. The van der Waals surface area contributed by atoms with Crippen LogP contribution in [0.5, 0.6) is 0 Å². The minimum absolute atomic E-state index is 0.0881. The van der Waals surface area contributed by atoms with E-state index in [2.05, 4.69) is 20.3 Å². The van der Waals surface area contributed by atoms with Crippen LogP contribution in [0, 0.1) is 0 Å². The predicted molar refractivity (Wildman–Crippen MR) is 99.5 cm³/mol. The monoisotopic (exact) mass is 422 g/mol. The van der Waals surface area contributed by atoms with Crippen LogP contribution in [0.1, 0.15) is 24.8 Å². The first-order chi connectivity index (χ1) is 13.2. The highest BCUT2D eigenvalue weighted by atomic mass is 32.2. The molecule has 3 N–H and O–H groups in total. The Morgan fingerprint density at radius 3 is 2.54 bits per heavy atom. The van der Waals surface area contributed by atoms with Crippen LogP contribution < -0.4 is 15.4 Å². The van der Waals surface area contributed by atoms with Crippen molar-refractivity contribution in [1.82, 2.24) is 15.4 Å². The number of hydrogen-bond donors (Lipinski definition) is 3. The van der Waals surface area contributed by atoms with Crippen molar-refractivity contribution in [3.8, 4) is 0 Å². The van der Waals surface area contributed by atoms with Gasteiger partial charge in [-0.25, -0.2) is 13.1 Å². The number of nitrogens with zero attached hydrogens (tertiary/aromatic N) is 1. The molecule has 0 spiro atoms. The zero-order valence-corrected chi connectivity index (χ0v) is 16.4. The van der Waals surface area contributed by atoms with E-state index in [1.54, 1.807) is 12.1 Å². The molecular weight excluding hydrogens is 397 g/mol. The second-order valence-corrected chi connectivity index (χ2v) is 8.12. The Kier molecular flexibility index (Phi) is 8.08. The molecule has 1 aromatic carbocycles. The number of rotatable bonds is 8. The zero-order valence-electron chi connectivity index (χ0n) is 15.6. The topological polar surface area (TPSA) is 91.8 Å². The molecule has 1 aliphatic rings. The molecule has 0 saturated carbocycles. The first-order valence-corrected chi connectivity index (χ1v) is 10.4. The molecule has 1 aromatic rings. The van der Waals surface area contributed by atoms with Crippen molar-refractivity contribution in [3.63, 3.8) is 0 Å². The summed E-state index contributed by atoms with van der Waals surface area (Å²) < 4.78 is 69.1. The van der Waals surface area contributed by atoms with Gasteiger partial charge in [0.2, 0.25) is 10.0 Å². The van der Waals surface area contributed by atoms with E-state index in [0.717, 1.165) is 18.4 Å². The van der Waals surface area contributed by atoms with E-state index in [0.29, 0.717) is 6.61 Å². The number of hydrogen-bond acceptors (Lipinski definition) is 4. The average molecular weight is 422 g/mol. The highest BCUT2D eigenvalue weighted by Crippen LogP contribution is 2.18. The van der Waals surface area contributed by atoms with E-state index < -0.39 is 22.6 Å². The van der Waals surface area contributed by atoms with Crippen LogP contribution in [0.2, 0.25) is 0 Å². The molecule has 0 aromatic heterocycles. The number of nitrogens with one attached hydrogen (secondary N) is 3. The molecule has 2 rings (SSSR count). The summed E-state index contributed by atoms with van der Waals surface area (Å²) in [6.07, 6.45) is -3.51. The van der Waals surface area contributed by atoms with Gasteiger partial charge in [-0.1, -0.05) is 12.1 Å². The largest absolute Gasteiger partial charge is 0.390 e. The fourth-order valence-electron chi connectivity index (χ4n) is 2.61. The van der Waals surface area contributed by atoms with E-state index in [1.165, 1.54) is 19.2 Å². The fourth-order valence-corrected chi connectivity index (χ4v) is 3.67. The maximum absolute atomic E-state index is 12.3. The van der Waals surface area contributed by atoms with Crippen molar-refractivity contribution in [2.45, 2.75) is 43.0 Å². The van der Waals surface area contributed by atoms with Crippen molar-refractivity contribution >= 4 is 16.0 Å². The summed E-state index contributed by atoms with van der Waals surface area (Å²) in [6.45, 7) is 0.903. The predicted octanol–water partition coefficient (Wildman–Crippen LogP) is 1.76. The second-order valence-electron chi connectivity index (χ2n) is 6.35. The molecule has 0 radical (unpaired) electrons. The van der Waals surface area contributed by atoms with Gasteiger partial charge in [0.15, 0.2) is 5.96 Å². The molecule has 0 aliphatic carbocycles. The third-order valence-electron chi connectivity index (χ3n) is 4.14. The lowest BCUT2D eigenvalue weighted by Gasteiger charge is -2.14. The van der Waals surface area contributed by atoms with E-state index in [4.69, 9.17) is 4.74 Å². The summed E-state index contributed by atoms with van der Waals surface area (Å²) in [5.41, 5.74) is 0.761. The smallest absolute Gasteiger partial charge is 0.377 e. The number of benzene rings is 1. The lowest BCUT2D eigenvalue weighted by molar-refractivity contribution is -0.132. The summed E-state index contributed by atoms with van der Waals surface area (Å²) in [5.74, 6) is 0.235. The number of halogens is 3. The molecule has 1 unspecified atom stereocenters. The average Bonchev–Trinajstić information content (AvgIpc) is 3.16. The minimum Gasteiger partial charge on any atom is -0.377 e. The highest BCUT2D eigenvalue weighted by Gasteiger charge is 2.26. The number of alkyl halides is 3. The van der Waals surface area contributed by atoms with Crippen LogP contribution >= 0.6 is 0 Å². The Morgan fingerprint density at radius 2 is 1.96 bits per heavy atom. The van der Waals surface area contributed by atoms with E-state index in [1.807, 2.05) is 0 Å². The van der Waals surface area contributed by atoms with Gasteiger partial charge in [-0.3, -0.25) is 4.99 Å².